The van der Waals surface area contributed by atoms with Crippen molar-refractivity contribution in [2.24, 2.45) is 0 Å². The van der Waals surface area contributed by atoms with Crippen LogP contribution in [0.1, 0.15) is 26.7 Å². The fourth-order valence-electron chi connectivity index (χ4n) is 1.54. The molecule has 0 rings (SSSR count). The molecule has 126 valence electrons. The number of hydrogen-bond acceptors (Lipinski definition) is 5. The van der Waals surface area contributed by atoms with Crippen LogP contribution in [0.3, 0.4) is 0 Å². The monoisotopic (exact) mass is 303 g/mol. The molecule has 0 heterocycles. The molecule has 0 spiro atoms. The van der Waals surface area contributed by atoms with Crippen LogP contribution in [0.15, 0.2) is 12.7 Å². The molecule has 0 aromatic rings. The molecule has 21 heavy (non-hydrogen) atoms. The summed E-state index contributed by atoms with van der Waals surface area (Å²) in [5.74, 6) is 0. The van der Waals surface area contributed by atoms with Crippen molar-refractivity contribution in [3.05, 3.63) is 12.7 Å². The van der Waals surface area contributed by atoms with Gasteiger partial charge in [-0.3, -0.25) is 0 Å². The highest BCUT2D eigenvalue weighted by Gasteiger charge is 2.00. The van der Waals surface area contributed by atoms with E-state index in [2.05, 4.69) is 18.8 Å². The van der Waals surface area contributed by atoms with Crippen LogP contribution in [-0.2, 0) is 18.9 Å². The first kappa shape index (κ1) is 20.5. The van der Waals surface area contributed by atoms with Crippen LogP contribution in [0.4, 0.5) is 0 Å². The lowest BCUT2D eigenvalue weighted by atomic mass is 10.4. The summed E-state index contributed by atoms with van der Waals surface area (Å²) >= 11 is 0. The normalized spacial score (nSPS) is 12.5. The Balaban J connectivity index is 3.06. The second-order valence-corrected chi connectivity index (χ2v) is 4.82. The first-order valence-electron chi connectivity index (χ1n) is 7.97. The van der Waals surface area contributed by atoms with E-state index in [9.17, 15) is 0 Å². The molecule has 0 aromatic heterocycles. The molecule has 0 saturated carbocycles. The first-order valence-corrected chi connectivity index (χ1v) is 7.97. The van der Waals surface area contributed by atoms with E-state index in [1.165, 1.54) is 6.42 Å². The van der Waals surface area contributed by atoms with Crippen LogP contribution < -0.4 is 5.32 Å². The third-order valence-electron chi connectivity index (χ3n) is 2.74. The highest BCUT2D eigenvalue weighted by atomic mass is 16.6. The van der Waals surface area contributed by atoms with E-state index in [0.717, 1.165) is 26.1 Å². The highest BCUT2D eigenvalue weighted by molar-refractivity contribution is 4.70. The van der Waals surface area contributed by atoms with Crippen LogP contribution in [0, 0.1) is 0 Å². The lowest BCUT2D eigenvalue weighted by molar-refractivity contribution is -0.0146. The van der Waals surface area contributed by atoms with Gasteiger partial charge in [0.1, 0.15) is 0 Å². The molecule has 1 unspecified atom stereocenters. The Morgan fingerprint density at radius 1 is 0.952 bits per heavy atom. The molecule has 0 radical (unpaired) electrons. The molecule has 0 aliphatic rings. The maximum Gasteiger partial charge on any atom is 0.0704 e. The van der Waals surface area contributed by atoms with Crippen molar-refractivity contribution >= 4 is 0 Å². The number of ether oxygens (including phenoxy) is 4. The molecule has 1 N–H and O–H groups in total. The number of rotatable bonds is 17. The summed E-state index contributed by atoms with van der Waals surface area (Å²) in [7, 11) is 0. The van der Waals surface area contributed by atoms with E-state index < -0.39 is 0 Å². The summed E-state index contributed by atoms with van der Waals surface area (Å²) in [6.07, 6.45) is 4.31. The van der Waals surface area contributed by atoms with Crippen molar-refractivity contribution in [1.82, 2.24) is 5.32 Å². The van der Waals surface area contributed by atoms with Crippen molar-refractivity contribution < 1.29 is 18.9 Å². The molecule has 0 bridgehead atoms. The largest absolute Gasteiger partial charge is 0.379 e. The van der Waals surface area contributed by atoms with E-state index in [1.807, 2.05) is 13.0 Å². The van der Waals surface area contributed by atoms with Gasteiger partial charge in [0.2, 0.25) is 0 Å². The smallest absolute Gasteiger partial charge is 0.0704 e. The molecular formula is C16H33NO4. The summed E-state index contributed by atoms with van der Waals surface area (Å²) in [5, 5.41) is 3.21. The zero-order chi connectivity index (χ0) is 15.6. The van der Waals surface area contributed by atoms with Crippen LogP contribution in [0.2, 0.25) is 0 Å². The van der Waals surface area contributed by atoms with Crippen LogP contribution in [0.5, 0.6) is 0 Å². The van der Waals surface area contributed by atoms with Gasteiger partial charge in [-0.1, -0.05) is 19.4 Å². The Labute approximate surface area is 130 Å². The Hall–Kier alpha value is -0.460. The third-order valence-corrected chi connectivity index (χ3v) is 2.74. The minimum Gasteiger partial charge on any atom is -0.379 e. The van der Waals surface area contributed by atoms with Crippen molar-refractivity contribution in [1.29, 1.82) is 0 Å². The van der Waals surface area contributed by atoms with Gasteiger partial charge in [-0.05, 0) is 13.3 Å². The van der Waals surface area contributed by atoms with Crippen molar-refractivity contribution in [2.45, 2.75) is 32.8 Å². The average molecular weight is 303 g/mol. The van der Waals surface area contributed by atoms with Gasteiger partial charge in [-0.15, -0.1) is 6.58 Å². The van der Waals surface area contributed by atoms with Crippen molar-refractivity contribution in [3.8, 4) is 0 Å². The van der Waals surface area contributed by atoms with E-state index in [1.54, 1.807) is 0 Å². The standard InChI is InChI=1S/C16H33NO4/c1-4-6-8-18-9-10-19-11-12-20-13-14-21-16(3)15-17-7-5-2/h5,16-17H,2,4,6-15H2,1,3H3. The zero-order valence-corrected chi connectivity index (χ0v) is 13.8. The molecule has 0 fully saturated rings. The van der Waals surface area contributed by atoms with Gasteiger partial charge >= 0.3 is 0 Å². The number of nitrogens with one attached hydrogen (secondary N) is 1. The molecule has 0 aromatic carbocycles. The summed E-state index contributed by atoms with van der Waals surface area (Å²) in [4.78, 5) is 0. The van der Waals surface area contributed by atoms with Crippen LogP contribution >= 0.6 is 0 Å². The second-order valence-electron chi connectivity index (χ2n) is 4.82. The predicted molar refractivity (Wildman–Crippen MR) is 85.8 cm³/mol. The lowest BCUT2D eigenvalue weighted by Gasteiger charge is -2.13. The summed E-state index contributed by atoms with van der Waals surface area (Å²) in [5.41, 5.74) is 0. The van der Waals surface area contributed by atoms with Crippen molar-refractivity contribution in [2.75, 3.05) is 59.3 Å². The lowest BCUT2D eigenvalue weighted by Crippen LogP contribution is -2.28. The minimum atomic E-state index is 0.185. The van der Waals surface area contributed by atoms with E-state index in [-0.39, 0.29) is 6.10 Å². The van der Waals surface area contributed by atoms with Gasteiger partial charge in [-0.2, -0.15) is 0 Å². The minimum absolute atomic E-state index is 0.185. The number of unbranched alkanes of at least 4 members (excludes halogenated alkanes) is 1. The Morgan fingerprint density at radius 2 is 1.52 bits per heavy atom. The highest BCUT2D eigenvalue weighted by Crippen LogP contribution is 1.90. The second kappa shape index (κ2) is 17.6. The molecule has 0 amide bonds. The quantitative estimate of drug-likeness (QED) is 0.329. The van der Waals surface area contributed by atoms with Crippen LogP contribution in [0.25, 0.3) is 0 Å². The first-order chi connectivity index (χ1) is 10.3. The van der Waals surface area contributed by atoms with Crippen LogP contribution in [-0.4, -0.2) is 65.4 Å². The maximum atomic E-state index is 5.59. The average Bonchev–Trinajstić information content (AvgIpc) is 2.48. The van der Waals surface area contributed by atoms with E-state index in [4.69, 9.17) is 18.9 Å². The fourth-order valence-corrected chi connectivity index (χ4v) is 1.54. The maximum absolute atomic E-state index is 5.59. The van der Waals surface area contributed by atoms with Gasteiger partial charge in [0.15, 0.2) is 0 Å². The van der Waals surface area contributed by atoms with Gasteiger partial charge in [-0.25, -0.2) is 0 Å². The summed E-state index contributed by atoms with van der Waals surface area (Å²) in [6, 6.07) is 0. The Bertz CT molecular complexity index is 214. The summed E-state index contributed by atoms with van der Waals surface area (Å²) in [6.45, 7) is 14.0. The molecule has 0 aliphatic carbocycles. The topological polar surface area (TPSA) is 49.0 Å². The Morgan fingerprint density at radius 3 is 2.10 bits per heavy atom. The molecule has 0 saturated heterocycles. The molecule has 5 nitrogen and oxygen atoms in total. The predicted octanol–water partition coefficient (Wildman–Crippen LogP) is 2.02. The Kier molecular flexibility index (Phi) is 17.2. The molecule has 0 aliphatic heterocycles. The van der Waals surface area contributed by atoms with Gasteiger partial charge in [0, 0.05) is 19.7 Å². The fraction of sp³-hybridized carbons (Fsp3) is 0.875. The van der Waals surface area contributed by atoms with Gasteiger partial charge in [0.25, 0.3) is 0 Å². The summed E-state index contributed by atoms with van der Waals surface area (Å²) < 4.78 is 21.8. The SMILES string of the molecule is C=CCNCC(C)OCCOCCOCCOCCCC. The zero-order valence-electron chi connectivity index (χ0n) is 13.8. The van der Waals surface area contributed by atoms with Crippen molar-refractivity contribution in [3.63, 3.8) is 0 Å². The molecule has 5 heteroatoms. The third kappa shape index (κ3) is 17.5. The molecule has 1 atom stereocenters. The van der Waals surface area contributed by atoms with E-state index in [0.29, 0.717) is 39.6 Å². The van der Waals surface area contributed by atoms with Gasteiger partial charge in [0.05, 0.1) is 45.7 Å². The number of hydrogen-bond donors (Lipinski definition) is 1. The van der Waals surface area contributed by atoms with E-state index >= 15 is 0 Å². The molecular weight excluding hydrogens is 270 g/mol. The van der Waals surface area contributed by atoms with Gasteiger partial charge < -0.3 is 24.3 Å².